The van der Waals surface area contributed by atoms with E-state index in [-0.39, 0.29) is 5.69 Å². The molecule has 0 saturated heterocycles. The molecule has 0 saturated carbocycles. The molecular weight excluding hydrogens is 564 g/mol. The van der Waals surface area contributed by atoms with Crippen LogP contribution < -0.4 is 4.72 Å². The number of hydrogen-bond donors (Lipinski definition) is 1. The van der Waals surface area contributed by atoms with Crippen molar-refractivity contribution in [2.24, 2.45) is 0 Å². The average Bonchev–Trinajstić information content (AvgIpc) is 3.21. The summed E-state index contributed by atoms with van der Waals surface area (Å²) in [6.07, 6.45) is 2.67. The molecule has 0 atom stereocenters. The highest BCUT2D eigenvalue weighted by Crippen LogP contribution is 2.26. The predicted octanol–water partition coefficient (Wildman–Crippen LogP) is 5.75. The van der Waals surface area contributed by atoms with Crippen LogP contribution >= 0.6 is 27.5 Å². The number of imidazole rings is 1. The summed E-state index contributed by atoms with van der Waals surface area (Å²) in [6.45, 7) is 4.35. The van der Waals surface area contributed by atoms with Gasteiger partial charge in [0.25, 0.3) is 15.9 Å². The maximum atomic E-state index is 13.0. The van der Waals surface area contributed by atoms with Crippen molar-refractivity contribution in [3.8, 4) is 0 Å². The Labute approximate surface area is 223 Å². The molecule has 2 aromatic carbocycles. The van der Waals surface area contributed by atoms with Gasteiger partial charge in [0.2, 0.25) is 0 Å². The zero-order valence-electron chi connectivity index (χ0n) is 19.7. The van der Waals surface area contributed by atoms with E-state index in [2.05, 4.69) is 25.6 Å². The summed E-state index contributed by atoms with van der Waals surface area (Å²) >= 11 is 9.88. The van der Waals surface area contributed by atoms with Crippen LogP contribution in [-0.4, -0.2) is 28.9 Å². The third-order valence-electron chi connectivity index (χ3n) is 5.61. The average molecular weight is 588 g/mol. The lowest BCUT2D eigenvalue weighted by Crippen LogP contribution is -2.29. The van der Waals surface area contributed by atoms with Gasteiger partial charge in [-0.1, -0.05) is 77.8 Å². The van der Waals surface area contributed by atoms with Crippen molar-refractivity contribution >= 4 is 60.7 Å². The minimum atomic E-state index is -4.03. The van der Waals surface area contributed by atoms with E-state index in [1.165, 1.54) is 6.08 Å². The summed E-state index contributed by atoms with van der Waals surface area (Å²) in [6, 6.07) is 16.2. The summed E-state index contributed by atoms with van der Waals surface area (Å²) in [5.74, 6) is -0.0149. The summed E-state index contributed by atoms with van der Waals surface area (Å²) in [5.41, 5.74) is 3.57. The highest BCUT2D eigenvalue weighted by Gasteiger charge is 2.21. The number of sulfonamides is 1. The standard InChI is InChI=1S/C26H24BrClN4O3S/c1-3-18-14-22(26(33)31-36(34,35)13-12-17-8-6-5-7-9-17)29-25-24(18)30-23(4-2)32(25)16-19-10-11-20(27)15-21(19)28/h5-15H,3-4,16H2,1-2H3,(H,31,33)/b13-12+. The number of hydrogen-bond acceptors (Lipinski definition) is 5. The minimum absolute atomic E-state index is 0.00161. The molecular formula is C26H24BrClN4O3S. The lowest BCUT2D eigenvalue weighted by atomic mass is 10.1. The molecule has 7 nitrogen and oxygen atoms in total. The highest BCUT2D eigenvalue weighted by atomic mass is 79.9. The summed E-state index contributed by atoms with van der Waals surface area (Å²) in [7, 11) is -4.03. The Morgan fingerprint density at radius 2 is 1.81 bits per heavy atom. The minimum Gasteiger partial charge on any atom is -0.308 e. The Bertz CT molecular complexity index is 1570. The first kappa shape index (κ1) is 26.1. The molecule has 0 bridgehead atoms. The molecule has 36 heavy (non-hydrogen) atoms. The van der Waals surface area contributed by atoms with Crippen molar-refractivity contribution in [1.29, 1.82) is 0 Å². The van der Waals surface area contributed by atoms with E-state index in [0.29, 0.717) is 41.1 Å². The maximum Gasteiger partial charge on any atom is 0.283 e. The smallest absolute Gasteiger partial charge is 0.283 e. The molecule has 4 aromatic rings. The Morgan fingerprint density at radius 3 is 2.47 bits per heavy atom. The van der Waals surface area contributed by atoms with E-state index in [1.807, 2.05) is 42.7 Å². The zero-order chi connectivity index (χ0) is 25.9. The fourth-order valence-electron chi connectivity index (χ4n) is 3.79. The summed E-state index contributed by atoms with van der Waals surface area (Å²) in [4.78, 5) is 22.3. The molecule has 0 aliphatic heterocycles. The highest BCUT2D eigenvalue weighted by molar-refractivity contribution is 9.10. The van der Waals surface area contributed by atoms with Crippen molar-refractivity contribution in [2.45, 2.75) is 33.2 Å². The van der Waals surface area contributed by atoms with Gasteiger partial charge in [0.15, 0.2) is 5.65 Å². The van der Waals surface area contributed by atoms with Crippen LogP contribution in [0.1, 0.15) is 46.9 Å². The van der Waals surface area contributed by atoms with Crippen molar-refractivity contribution in [3.05, 3.63) is 97.7 Å². The normalized spacial score (nSPS) is 11.9. The molecule has 2 heterocycles. The number of carbonyl (C=O) groups is 1. The van der Waals surface area contributed by atoms with Crippen LogP contribution in [0.5, 0.6) is 0 Å². The summed E-state index contributed by atoms with van der Waals surface area (Å²) in [5, 5.41) is 1.56. The fraction of sp³-hybridized carbons (Fsp3) is 0.192. The molecule has 0 spiro atoms. The van der Waals surface area contributed by atoms with Gasteiger partial charge >= 0.3 is 0 Å². The van der Waals surface area contributed by atoms with Crippen molar-refractivity contribution < 1.29 is 13.2 Å². The number of aromatic nitrogens is 3. The lowest BCUT2D eigenvalue weighted by molar-refractivity contribution is 0.0977. The van der Waals surface area contributed by atoms with Crippen LogP contribution in [0.2, 0.25) is 5.02 Å². The molecule has 10 heteroatoms. The Hall–Kier alpha value is -3.01. The van der Waals surface area contributed by atoms with E-state index in [9.17, 15) is 13.2 Å². The fourth-order valence-corrected chi connectivity index (χ4v) is 5.29. The van der Waals surface area contributed by atoms with Crippen LogP contribution in [0.4, 0.5) is 0 Å². The number of aryl methyl sites for hydroxylation is 2. The van der Waals surface area contributed by atoms with Gasteiger partial charge in [-0.15, -0.1) is 0 Å². The molecule has 0 unspecified atom stereocenters. The third-order valence-corrected chi connectivity index (χ3v) is 7.42. The van der Waals surface area contributed by atoms with E-state index >= 15 is 0 Å². The van der Waals surface area contributed by atoms with Crippen LogP contribution in [-0.2, 0) is 29.4 Å². The molecule has 0 fully saturated rings. The van der Waals surface area contributed by atoms with E-state index < -0.39 is 15.9 Å². The predicted molar refractivity (Wildman–Crippen MR) is 146 cm³/mol. The second-order valence-electron chi connectivity index (χ2n) is 8.09. The van der Waals surface area contributed by atoms with Gasteiger partial charge in [0.1, 0.15) is 17.0 Å². The Morgan fingerprint density at radius 1 is 1.06 bits per heavy atom. The first-order valence-electron chi connectivity index (χ1n) is 11.3. The van der Waals surface area contributed by atoms with Gasteiger partial charge in [-0.3, -0.25) is 4.79 Å². The number of nitrogens with zero attached hydrogens (tertiary/aromatic N) is 3. The van der Waals surface area contributed by atoms with Gasteiger partial charge in [-0.05, 0) is 47.4 Å². The van der Waals surface area contributed by atoms with Gasteiger partial charge in [-0.25, -0.2) is 23.1 Å². The van der Waals surface area contributed by atoms with Gasteiger partial charge < -0.3 is 4.57 Å². The zero-order valence-corrected chi connectivity index (χ0v) is 22.9. The number of fused-ring (bicyclic) bond motifs is 1. The third kappa shape index (κ3) is 5.86. The van der Waals surface area contributed by atoms with E-state index in [0.717, 1.165) is 26.8 Å². The lowest BCUT2D eigenvalue weighted by Gasteiger charge is -2.11. The van der Waals surface area contributed by atoms with Gasteiger partial charge in [0, 0.05) is 15.9 Å². The number of carbonyl (C=O) groups excluding carboxylic acids is 1. The largest absolute Gasteiger partial charge is 0.308 e. The molecule has 0 aliphatic rings. The molecule has 0 radical (unpaired) electrons. The Balaban J connectivity index is 1.71. The first-order chi connectivity index (χ1) is 17.2. The van der Waals surface area contributed by atoms with Crippen LogP contribution in [0.25, 0.3) is 17.2 Å². The number of benzene rings is 2. The van der Waals surface area contributed by atoms with Crippen LogP contribution in [0.15, 0.2) is 64.5 Å². The second kappa shape index (κ2) is 10.9. The van der Waals surface area contributed by atoms with Crippen molar-refractivity contribution in [1.82, 2.24) is 19.3 Å². The van der Waals surface area contributed by atoms with E-state index in [1.54, 1.807) is 30.3 Å². The molecule has 1 amide bonds. The molecule has 186 valence electrons. The SMILES string of the molecule is CCc1cc(C(=O)NS(=O)(=O)/C=C/c2ccccc2)nc2c1nc(CC)n2Cc1ccc(Br)cc1Cl. The van der Waals surface area contributed by atoms with Gasteiger partial charge in [-0.2, -0.15) is 0 Å². The quantitative estimate of drug-likeness (QED) is 0.283. The first-order valence-corrected chi connectivity index (χ1v) is 14.1. The maximum absolute atomic E-state index is 13.0. The van der Waals surface area contributed by atoms with Crippen molar-refractivity contribution in [3.63, 3.8) is 0 Å². The number of amides is 1. The number of halogens is 2. The topological polar surface area (TPSA) is 93.9 Å². The molecule has 2 aromatic heterocycles. The second-order valence-corrected chi connectivity index (χ2v) is 11.0. The number of rotatable bonds is 8. The van der Waals surface area contributed by atoms with Crippen LogP contribution in [0, 0.1) is 0 Å². The molecule has 1 N–H and O–H groups in total. The van der Waals surface area contributed by atoms with E-state index in [4.69, 9.17) is 16.6 Å². The van der Waals surface area contributed by atoms with Crippen molar-refractivity contribution in [2.75, 3.05) is 0 Å². The number of nitrogens with one attached hydrogen (secondary N) is 1. The van der Waals surface area contributed by atoms with Gasteiger partial charge in [0.05, 0.1) is 12.0 Å². The molecule has 0 aliphatic carbocycles. The Kier molecular flexibility index (Phi) is 7.92. The van der Waals surface area contributed by atoms with Crippen LogP contribution in [0.3, 0.4) is 0 Å². The monoisotopic (exact) mass is 586 g/mol. The molecule has 4 rings (SSSR count). The summed E-state index contributed by atoms with van der Waals surface area (Å²) < 4.78 is 30.0. The number of pyridine rings is 1.